The molecule has 0 radical (unpaired) electrons. The van der Waals surface area contributed by atoms with Crippen molar-refractivity contribution in [3.05, 3.63) is 58.5 Å². The molecule has 1 aromatic heterocycles. The molecule has 0 aliphatic carbocycles. The van der Waals surface area contributed by atoms with Crippen LogP contribution in [0.2, 0.25) is 0 Å². The van der Waals surface area contributed by atoms with E-state index in [1.807, 2.05) is 6.92 Å². The van der Waals surface area contributed by atoms with Crippen LogP contribution in [0.1, 0.15) is 5.56 Å². The van der Waals surface area contributed by atoms with Crippen molar-refractivity contribution in [2.24, 2.45) is 14.1 Å². The van der Waals surface area contributed by atoms with Crippen molar-refractivity contribution in [2.45, 2.75) is 11.8 Å². The Morgan fingerprint density at radius 3 is 2.25 bits per heavy atom. The number of nitrogens with one attached hydrogen (secondary N) is 1. The Morgan fingerprint density at radius 2 is 1.64 bits per heavy atom. The zero-order valence-electron chi connectivity index (χ0n) is 16.1. The van der Waals surface area contributed by atoms with E-state index in [4.69, 9.17) is 0 Å². The molecule has 0 spiro atoms. The van der Waals surface area contributed by atoms with E-state index in [0.717, 1.165) is 9.87 Å². The zero-order valence-corrected chi connectivity index (χ0v) is 16.9. The first kappa shape index (κ1) is 19.7. The predicted molar refractivity (Wildman–Crippen MR) is 108 cm³/mol. The average molecular weight is 402 g/mol. The fourth-order valence-electron chi connectivity index (χ4n) is 3.01. The molecule has 1 amide bonds. The summed E-state index contributed by atoms with van der Waals surface area (Å²) in [4.78, 5) is 24.1. The second-order valence-electron chi connectivity index (χ2n) is 6.57. The SMILES string of the molecule is CNC(=O)CN(c1ccc(C)cc1)S(=O)(=O)c1ccc2c(c1)n(C)c(=O)n2C. The molecule has 0 aliphatic heterocycles. The van der Waals surface area contributed by atoms with Gasteiger partial charge in [-0.2, -0.15) is 0 Å². The molecule has 8 nitrogen and oxygen atoms in total. The van der Waals surface area contributed by atoms with Gasteiger partial charge in [-0.15, -0.1) is 0 Å². The van der Waals surface area contributed by atoms with Crippen molar-refractivity contribution >= 4 is 32.7 Å². The molecule has 0 atom stereocenters. The average Bonchev–Trinajstić information content (AvgIpc) is 2.90. The van der Waals surface area contributed by atoms with Crippen LogP contribution < -0.4 is 15.3 Å². The van der Waals surface area contributed by atoms with Gasteiger partial charge >= 0.3 is 5.69 Å². The minimum Gasteiger partial charge on any atom is -0.358 e. The number of aryl methyl sites for hydroxylation is 3. The second kappa shape index (κ2) is 7.16. The number of carbonyl (C=O) groups excluding carboxylic acids is 1. The Morgan fingerprint density at radius 1 is 1.04 bits per heavy atom. The lowest BCUT2D eigenvalue weighted by Gasteiger charge is -2.24. The summed E-state index contributed by atoms with van der Waals surface area (Å²) in [6.45, 7) is 1.54. The van der Waals surface area contributed by atoms with E-state index >= 15 is 0 Å². The van der Waals surface area contributed by atoms with Crippen molar-refractivity contribution in [1.82, 2.24) is 14.5 Å². The number of amides is 1. The zero-order chi connectivity index (χ0) is 20.6. The highest BCUT2D eigenvalue weighted by molar-refractivity contribution is 7.92. The minimum absolute atomic E-state index is 0.00526. The molecular weight excluding hydrogens is 380 g/mol. The summed E-state index contributed by atoms with van der Waals surface area (Å²) in [7, 11) is 0.631. The summed E-state index contributed by atoms with van der Waals surface area (Å²) in [6, 6.07) is 11.4. The van der Waals surface area contributed by atoms with Crippen molar-refractivity contribution < 1.29 is 13.2 Å². The molecule has 0 saturated carbocycles. The number of nitrogens with zero attached hydrogens (tertiary/aromatic N) is 3. The highest BCUT2D eigenvalue weighted by Gasteiger charge is 2.27. The Kier molecular flexibility index (Phi) is 5.03. The Bertz CT molecular complexity index is 1210. The van der Waals surface area contributed by atoms with Gasteiger partial charge in [-0.25, -0.2) is 13.2 Å². The summed E-state index contributed by atoms with van der Waals surface area (Å²) >= 11 is 0. The van der Waals surface area contributed by atoms with Crippen LogP contribution in [0.4, 0.5) is 5.69 Å². The summed E-state index contributed by atoms with van der Waals surface area (Å²) in [5, 5.41) is 2.46. The number of aromatic nitrogens is 2. The highest BCUT2D eigenvalue weighted by Crippen LogP contribution is 2.26. The van der Waals surface area contributed by atoms with Gasteiger partial charge in [0.15, 0.2) is 0 Å². The lowest BCUT2D eigenvalue weighted by Crippen LogP contribution is -2.39. The number of fused-ring (bicyclic) bond motifs is 1. The number of sulfonamides is 1. The van der Waals surface area contributed by atoms with Crippen molar-refractivity contribution in [1.29, 1.82) is 0 Å². The van der Waals surface area contributed by atoms with Gasteiger partial charge in [0.05, 0.1) is 21.6 Å². The quantitative estimate of drug-likeness (QED) is 0.692. The van der Waals surface area contributed by atoms with Crippen LogP contribution in [0.5, 0.6) is 0 Å². The van der Waals surface area contributed by atoms with Gasteiger partial charge in [0.25, 0.3) is 10.0 Å². The normalized spacial score (nSPS) is 11.6. The van der Waals surface area contributed by atoms with E-state index in [1.54, 1.807) is 44.4 Å². The maximum Gasteiger partial charge on any atom is 0.328 e. The van der Waals surface area contributed by atoms with E-state index in [2.05, 4.69) is 5.32 Å². The molecule has 3 aromatic rings. The van der Waals surface area contributed by atoms with Crippen molar-refractivity contribution in [3.8, 4) is 0 Å². The fourth-order valence-corrected chi connectivity index (χ4v) is 4.45. The molecule has 3 rings (SSSR count). The van der Waals surface area contributed by atoms with E-state index in [0.29, 0.717) is 16.7 Å². The fraction of sp³-hybridized carbons (Fsp3) is 0.263. The van der Waals surface area contributed by atoms with Gasteiger partial charge in [-0.05, 0) is 37.3 Å². The molecule has 148 valence electrons. The number of imidazole rings is 1. The molecular formula is C19H22N4O4S. The molecule has 0 aliphatic rings. The van der Waals surface area contributed by atoms with Crippen LogP contribution >= 0.6 is 0 Å². The van der Waals surface area contributed by atoms with E-state index < -0.39 is 15.9 Å². The number of likely N-dealkylation sites (N-methyl/N-ethyl adjacent to an activating group) is 1. The van der Waals surface area contributed by atoms with Crippen LogP contribution in [-0.4, -0.2) is 37.1 Å². The van der Waals surface area contributed by atoms with E-state index in [1.165, 1.54) is 28.3 Å². The molecule has 0 fully saturated rings. The molecule has 28 heavy (non-hydrogen) atoms. The topological polar surface area (TPSA) is 93.4 Å². The third kappa shape index (κ3) is 3.29. The maximum absolute atomic E-state index is 13.4. The first-order valence-corrected chi connectivity index (χ1v) is 10.1. The lowest BCUT2D eigenvalue weighted by molar-refractivity contribution is -0.119. The standard InChI is InChI=1S/C19H22N4O4S/c1-13-5-7-14(8-6-13)23(12-18(24)20-2)28(26,27)15-9-10-16-17(11-15)22(4)19(25)21(16)3/h5-11H,12H2,1-4H3,(H,20,24). The Hall–Kier alpha value is -3.07. The minimum atomic E-state index is -4.04. The number of benzene rings is 2. The maximum atomic E-state index is 13.4. The molecule has 0 unspecified atom stereocenters. The molecule has 0 bridgehead atoms. The molecule has 1 N–H and O–H groups in total. The van der Waals surface area contributed by atoms with Crippen molar-refractivity contribution in [2.75, 3.05) is 17.9 Å². The summed E-state index contributed by atoms with van der Waals surface area (Å²) in [6.07, 6.45) is 0. The number of anilines is 1. The van der Waals surface area contributed by atoms with Crippen LogP contribution in [0.3, 0.4) is 0 Å². The van der Waals surface area contributed by atoms with Crippen molar-refractivity contribution in [3.63, 3.8) is 0 Å². The summed E-state index contributed by atoms with van der Waals surface area (Å²) < 4.78 is 30.6. The second-order valence-corrected chi connectivity index (χ2v) is 8.43. The van der Waals surface area contributed by atoms with Crippen LogP contribution in [0, 0.1) is 6.92 Å². The van der Waals surface area contributed by atoms with E-state index in [9.17, 15) is 18.0 Å². The monoisotopic (exact) mass is 402 g/mol. The molecule has 1 heterocycles. The highest BCUT2D eigenvalue weighted by atomic mass is 32.2. The van der Waals surface area contributed by atoms with Gasteiger partial charge in [0.2, 0.25) is 5.91 Å². The van der Waals surface area contributed by atoms with Gasteiger partial charge in [-0.1, -0.05) is 17.7 Å². The van der Waals surface area contributed by atoms with Gasteiger partial charge in [0, 0.05) is 21.1 Å². The number of rotatable bonds is 5. The summed E-state index contributed by atoms with van der Waals surface area (Å²) in [5.74, 6) is -0.433. The van der Waals surface area contributed by atoms with Gasteiger partial charge < -0.3 is 5.32 Å². The van der Waals surface area contributed by atoms with Gasteiger partial charge in [0.1, 0.15) is 6.54 Å². The third-order valence-electron chi connectivity index (χ3n) is 4.72. The van der Waals surface area contributed by atoms with Gasteiger partial charge in [-0.3, -0.25) is 18.2 Å². The number of hydrogen-bond acceptors (Lipinski definition) is 4. The first-order valence-electron chi connectivity index (χ1n) is 8.62. The summed E-state index contributed by atoms with van der Waals surface area (Å²) in [5.41, 5.74) is 2.24. The number of hydrogen-bond donors (Lipinski definition) is 1. The third-order valence-corrected chi connectivity index (χ3v) is 6.49. The Balaban J connectivity index is 2.16. The predicted octanol–water partition coefficient (Wildman–Crippen LogP) is 1.13. The Labute approximate surface area is 163 Å². The van der Waals surface area contributed by atoms with Crippen LogP contribution in [0.25, 0.3) is 11.0 Å². The molecule has 0 saturated heterocycles. The first-order chi connectivity index (χ1) is 13.2. The smallest absolute Gasteiger partial charge is 0.328 e. The number of carbonyl (C=O) groups is 1. The molecule has 2 aromatic carbocycles. The van der Waals surface area contributed by atoms with Crippen LogP contribution in [-0.2, 0) is 28.9 Å². The largest absolute Gasteiger partial charge is 0.358 e. The van der Waals surface area contributed by atoms with Crippen LogP contribution in [0.15, 0.2) is 52.2 Å². The lowest BCUT2D eigenvalue weighted by atomic mass is 10.2. The van der Waals surface area contributed by atoms with E-state index in [-0.39, 0.29) is 17.1 Å². The molecule has 9 heteroatoms.